The molecular weight excluding hydrogens is 178 g/mol. The van der Waals surface area contributed by atoms with Crippen molar-refractivity contribution in [2.75, 3.05) is 31.3 Å². The van der Waals surface area contributed by atoms with Crippen molar-refractivity contribution in [3.8, 4) is 12.3 Å². The number of nitrogens with two attached hydrogens (primary N) is 1. The number of rotatable bonds is 6. The van der Waals surface area contributed by atoms with Crippen molar-refractivity contribution in [1.29, 1.82) is 0 Å². The first kappa shape index (κ1) is 11.4. The zero-order chi connectivity index (χ0) is 9.45. The molecule has 4 nitrogen and oxygen atoms in total. The van der Waals surface area contributed by atoms with Gasteiger partial charge in [0.15, 0.2) is 9.84 Å². The lowest BCUT2D eigenvalue weighted by molar-refractivity contribution is 0.157. The van der Waals surface area contributed by atoms with Gasteiger partial charge >= 0.3 is 0 Å². The van der Waals surface area contributed by atoms with E-state index in [2.05, 4.69) is 5.92 Å². The van der Waals surface area contributed by atoms with Gasteiger partial charge in [0.25, 0.3) is 0 Å². The normalized spacial score (nSPS) is 11.0. The monoisotopic (exact) mass is 191 g/mol. The Labute approximate surface area is 73.0 Å². The molecule has 12 heavy (non-hydrogen) atoms. The van der Waals surface area contributed by atoms with E-state index >= 15 is 0 Å². The first-order chi connectivity index (χ1) is 5.62. The van der Waals surface area contributed by atoms with Gasteiger partial charge in [-0.05, 0) is 0 Å². The molecule has 0 rings (SSSR count). The third-order valence-electron chi connectivity index (χ3n) is 1.10. The van der Waals surface area contributed by atoms with Crippen molar-refractivity contribution in [1.82, 2.24) is 0 Å². The Hall–Kier alpha value is -0.570. The van der Waals surface area contributed by atoms with Crippen molar-refractivity contribution in [2.24, 2.45) is 5.73 Å². The lowest BCUT2D eigenvalue weighted by atomic mass is 10.7. The maximum Gasteiger partial charge on any atom is 0.163 e. The van der Waals surface area contributed by atoms with Crippen molar-refractivity contribution < 1.29 is 13.2 Å². The first-order valence-electron chi connectivity index (χ1n) is 3.54. The molecule has 5 heteroatoms. The van der Waals surface area contributed by atoms with E-state index in [9.17, 15) is 8.42 Å². The zero-order valence-electron chi connectivity index (χ0n) is 6.82. The molecule has 0 aromatic carbocycles. The predicted octanol–water partition coefficient (Wildman–Crippen LogP) is -0.990. The molecule has 0 bridgehead atoms. The summed E-state index contributed by atoms with van der Waals surface area (Å²) in [5, 5.41) is 0. The van der Waals surface area contributed by atoms with E-state index in [4.69, 9.17) is 16.9 Å². The van der Waals surface area contributed by atoms with Crippen LogP contribution in [-0.2, 0) is 14.6 Å². The van der Waals surface area contributed by atoms with E-state index in [0.29, 0.717) is 13.2 Å². The van der Waals surface area contributed by atoms with Gasteiger partial charge in [-0.1, -0.05) is 5.92 Å². The molecule has 2 N–H and O–H groups in total. The Kier molecular flexibility index (Phi) is 5.72. The molecule has 0 amide bonds. The van der Waals surface area contributed by atoms with E-state index in [0.717, 1.165) is 0 Å². The van der Waals surface area contributed by atoms with Gasteiger partial charge in [-0.3, -0.25) is 0 Å². The summed E-state index contributed by atoms with van der Waals surface area (Å²) in [7, 11) is -3.11. The maximum absolute atomic E-state index is 10.9. The van der Waals surface area contributed by atoms with E-state index in [1.54, 1.807) is 0 Å². The lowest BCUT2D eigenvalue weighted by Crippen LogP contribution is -2.17. The second-order valence-electron chi connectivity index (χ2n) is 2.20. The number of hydrogen-bond donors (Lipinski definition) is 1. The minimum atomic E-state index is -3.11. The van der Waals surface area contributed by atoms with Gasteiger partial charge in [0.1, 0.15) is 5.75 Å². The summed E-state index contributed by atoms with van der Waals surface area (Å²) in [5.41, 5.74) is 5.13. The zero-order valence-corrected chi connectivity index (χ0v) is 7.64. The largest absolute Gasteiger partial charge is 0.379 e. The van der Waals surface area contributed by atoms with Crippen LogP contribution >= 0.6 is 0 Å². The van der Waals surface area contributed by atoms with E-state index < -0.39 is 9.84 Å². The van der Waals surface area contributed by atoms with Crippen LogP contribution in [0.15, 0.2) is 0 Å². The first-order valence-corrected chi connectivity index (χ1v) is 5.36. The molecule has 0 atom stereocenters. The molecule has 0 aromatic heterocycles. The van der Waals surface area contributed by atoms with Crippen molar-refractivity contribution in [2.45, 2.75) is 0 Å². The Bertz CT molecular complexity index is 240. The van der Waals surface area contributed by atoms with Crippen LogP contribution < -0.4 is 5.73 Å². The number of terminal acetylenes is 1. The Morgan fingerprint density at radius 3 is 2.58 bits per heavy atom. The van der Waals surface area contributed by atoms with Crippen LogP contribution in [0.3, 0.4) is 0 Å². The van der Waals surface area contributed by atoms with Crippen molar-refractivity contribution in [3.05, 3.63) is 0 Å². The quantitative estimate of drug-likeness (QED) is 0.432. The molecule has 0 spiro atoms. The second-order valence-corrected chi connectivity index (χ2v) is 4.38. The highest BCUT2D eigenvalue weighted by Crippen LogP contribution is 1.88. The third-order valence-corrected chi connectivity index (χ3v) is 2.50. The van der Waals surface area contributed by atoms with Crippen LogP contribution in [0.4, 0.5) is 0 Å². The van der Waals surface area contributed by atoms with E-state index in [-0.39, 0.29) is 18.1 Å². The topological polar surface area (TPSA) is 69.4 Å². The fourth-order valence-corrected chi connectivity index (χ4v) is 1.34. The molecule has 0 aliphatic carbocycles. The molecule has 0 saturated heterocycles. The highest BCUT2D eigenvalue weighted by molar-refractivity contribution is 7.91. The van der Waals surface area contributed by atoms with Crippen molar-refractivity contribution in [3.63, 3.8) is 0 Å². The van der Waals surface area contributed by atoms with Gasteiger partial charge in [-0.15, -0.1) is 6.42 Å². The van der Waals surface area contributed by atoms with Gasteiger partial charge in [0.2, 0.25) is 0 Å². The number of ether oxygens (including phenoxy) is 1. The maximum atomic E-state index is 10.9. The molecule has 0 unspecified atom stereocenters. The smallest absolute Gasteiger partial charge is 0.163 e. The van der Waals surface area contributed by atoms with Gasteiger partial charge in [0.05, 0.1) is 19.0 Å². The average molecular weight is 191 g/mol. The van der Waals surface area contributed by atoms with Crippen LogP contribution in [0.2, 0.25) is 0 Å². The Balaban J connectivity index is 3.57. The van der Waals surface area contributed by atoms with E-state index in [1.807, 2.05) is 0 Å². The number of hydrogen-bond acceptors (Lipinski definition) is 4. The van der Waals surface area contributed by atoms with Crippen LogP contribution in [0.1, 0.15) is 0 Å². The summed E-state index contributed by atoms with van der Waals surface area (Å²) >= 11 is 0. The van der Waals surface area contributed by atoms with Gasteiger partial charge in [-0.25, -0.2) is 8.42 Å². The Morgan fingerprint density at radius 2 is 2.08 bits per heavy atom. The van der Waals surface area contributed by atoms with Crippen LogP contribution in [0.5, 0.6) is 0 Å². The molecule has 0 heterocycles. The molecule has 0 fully saturated rings. The van der Waals surface area contributed by atoms with Crippen LogP contribution in [0, 0.1) is 12.3 Å². The van der Waals surface area contributed by atoms with Crippen LogP contribution in [-0.4, -0.2) is 39.7 Å². The van der Waals surface area contributed by atoms with E-state index in [1.165, 1.54) is 0 Å². The fourth-order valence-electron chi connectivity index (χ4n) is 0.570. The average Bonchev–Trinajstić information content (AvgIpc) is 1.98. The summed E-state index contributed by atoms with van der Waals surface area (Å²) in [6.45, 7) is 0.946. The van der Waals surface area contributed by atoms with Gasteiger partial charge < -0.3 is 10.5 Å². The predicted molar refractivity (Wildman–Crippen MR) is 47.4 cm³/mol. The lowest BCUT2D eigenvalue weighted by Gasteiger charge is -2.01. The van der Waals surface area contributed by atoms with Gasteiger partial charge in [0, 0.05) is 6.54 Å². The fraction of sp³-hybridized carbons (Fsp3) is 0.714. The molecule has 0 aromatic rings. The molecule has 70 valence electrons. The number of sulfone groups is 1. The summed E-state index contributed by atoms with van der Waals surface area (Å²) in [4.78, 5) is 0. The molecule has 0 saturated carbocycles. The SMILES string of the molecule is C#CCS(=O)(=O)CCOCCN. The molecule has 0 aliphatic rings. The summed E-state index contributed by atoms with van der Waals surface area (Å²) < 4.78 is 26.8. The minimum absolute atomic E-state index is 0.0306. The highest BCUT2D eigenvalue weighted by Gasteiger charge is 2.07. The van der Waals surface area contributed by atoms with Gasteiger partial charge in [-0.2, -0.15) is 0 Å². The molecule has 0 aliphatic heterocycles. The van der Waals surface area contributed by atoms with Crippen LogP contribution in [0.25, 0.3) is 0 Å². The third kappa shape index (κ3) is 6.16. The standard InChI is InChI=1S/C7H13NO3S/c1-2-6-12(9,10)7-5-11-4-3-8/h1H,3-8H2. The summed E-state index contributed by atoms with van der Waals surface area (Å²) in [6.07, 6.45) is 4.86. The summed E-state index contributed by atoms with van der Waals surface area (Å²) in [6, 6.07) is 0. The minimum Gasteiger partial charge on any atom is -0.379 e. The highest BCUT2D eigenvalue weighted by atomic mass is 32.2. The summed E-state index contributed by atoms with van der Waals surface area (Å²) in [5.74, 6) is 1.83. The van der Waals surface area contributed by atoms with Crippen molar-refractivity contribution >= 4 is 9.84 Å². The molecular formula is C7H13NO3S. The Morgan fingerprint density at radius 1 is 1.42 bits per heavy atom. The molecule has 0 radical (unpaired) electrons. The second kappa shape index (κ2) is 6.00.